The van der Waals surface area contributed by atoms with E-state index in [1.807, 2.05) is 0 Å². The van der Waals surface area contributed by atoms with Crippen molar-refractivity contribution in [3.63, 3.8) is 0 Å². The molecule has 4 N–H and O–H groups in total. The Hall–Kier alpha value is -1.78. The highest BCUT2D eigenvalue weighted by atomic mass is 16.6. The average molecular weight is 781 g/mol. The summed E-state index contributed by atoms with van der Waals surface area (Å²) < 4.78 is 16.9. The number of aliphatic hydroxyl groups excluding tert-OH is 4. The zero-order valence-electron chi connectivity index (χ0n) is 35.2. The van der Waals surface area contributed by atoms with E-state index < -0.39 is 43.2 Å². The van der Waals surface area contributed by atoms with Crippen LogP contribution in [0.3, 0.4) is 0 Å². The molecule has 0 bridgehead atoms. The fraction of sp³-hybridized carbons (Fsp3) is 0.870. The van der Waals surface area contributed by atoms with E-state index in [2.05, 4.69) is 38.2 Å². The van der Waals surface area contributed by atoms with Gasteiger partial charge >= 0.3 is 11.9 Å². The van der Waals surface area contributed by atoms with Crippen molar-refractivity contribution in [1.82, 2.24) is 0 Å². The fourth-order valence-electron chi connectivity index (χ4n) is 7.13. The Morgan fingerprint density at radius 3 is 1.40 bits per heavy atom. The smallest absolute Gasteiger partial charge is 0.306 e. The summed E-state index contributed by atoms with van der Waals surface area (Å²) in [6.45, 7) is 3.89. The van der Waals surface area contributed by atoms with Gasteiger partial charge in [0, 0.05) is 12.8 Å². The molecule has 9 heteroatoms. The highest BCUT2D eigenvalue weighted by Crippen LogP contribution is 2.25. The van der Waals surface area contributed by atoms with Crippen LogP contribution in [0.5, 0.6) is 0 Å². The molecule has 0 aromatic heterocycles. The highest BCUT2D eigenvalue weighted by Gasteiger charge is 2.43. The normalized spacial score (nSPS) is 20.7. The molecule has 1 aliphatic rings. The van der Waals surface area contributed by atoms with Gasteiger partial charge in [0.25, 0.3) is 0 Å². The molecule has 6 atom stereocenters. The molecule has 0 unspecified atom stereocenters. The minimum atomic E-state index is -1.47. The van der Waals surface area contributed by atoms with Crippen LogP contribution in [0.15, 0.2) is 24.3 Å². The maximum Gasteiger partial charge on any atom is 0.306 e. The summed E-state index contributed by atoms with van der Waals surface area (Å²) >= 11 is 0. The van der Waals surface area contributed by atoms with Crippen molar-refractivity contribution in [3.05, 3.63) is 24.3 Å². The number of aliphatic hydroxyl groups is 4. The average Bonchev–Trinajstić information content (AvgIpc) is 3.18. The second-order valence-electron chi connectivity index (χ2n) is 15.9. The van der Waals surface area contributed by atoms with Crippen LogP contribution in [-0.4, -0.2) is 82.2 Å². The molecule has 1 fully saturated rings. The van der Waals surface area contributed by atoms with Crippen LogP contribution >= 0.6 is 0 Å². The van der Waals surface area contributed by atoms with E-state index >= 15 is 0 Å². The van der Waals surface area contributed by atoms with Gasteiger partial charge in [0.05, 0.1) is 12.7 Å². The standard InChI is InChI=1S/C46H84O9/c1-3-5-7-9-11-13-15-17-19-21-23-25-27-29-31-33-42(48)53-38-39(35-36-40-44(50)46(52)45(51)41(37-47)55-40)54-43(49)34-32-30-28-26-24-22-20-18-16-14-12-10-8-6-4-2/h17-20,39-41,44-47,50-52H,3-16,21-38H2,1-2H3/b19-17-,20-18-/t39-,40-,41+,44-,45+,46+/m0/s1. The molecule has 1 aliphatic heterocycles. The summed E-state index contributed by atoms with van der Waals surface area (Å²) in [5, 5.41) is 40.4. The second-order valence-corrected chi connectivity index (χ2v) is 15.9. The lowest BCUT2D eigenvalue weighted by Gasteiger charge is -2.40. The molecule has 0 aliphatic carbocycles. The lowest BCUT2D eigenvalue weighted by Crippen LogP contribution is -2.58. The first-order valence-electron chi connectivity index (χ1n) is 22.8. The third-order valence-electron chi connectivity index (χ3n) is 10.8. The van der Waals surface area contributed by atoms with Gasteiger partial charge < -0.3 is 34.6 Å². The Morgan fingerprint density at radius 2 is 0.945 bits per heavy atom. The van der Waals surface area contributed by atoms with Crippen LogP contribution in [0.4, 0.5) is 0 Å². The largest absolute Gasteiger partial charge is 0.462 e. The van der Waals surface area contributed by atoms with Gasteiger partial charge in [-0.2, -0.15) is 0 Å². The van der Waals surface area contributed by atoms with Gasteiger partial charge in [-0.05, 0) is 77.0 Å². The number of allylic oxidation sites excluding steroid dienone is 4. The van der Waals surface area contributed by atoms with Crippen molar-refractivity contribution in [2.75, 3.05) is 13.2 Å². The van der Waals surface area contributed by atoms with Crippen molar-refractivity contribution >= 4 is 11.9 Å². The van der Waals surface area contributed by atoms with Crippen LogP contribution in [0.25, 0.3) is 0 Å². The molecular formula is C46H84O9. The number of ether oxygens (including phenoxy) is 3. The number of hydrogen-bond acceptors (Lipinski definition) is 9. The number of carbonyl (C=O) groups is 2. The van der Waals surface area contributed by atoms with Crippen LogP contribution in [0.1, 0.15) is 206 Å². The Balaban J connectivity index is 2.34. The van der Waals surface area contributed by atoms with Crippen LogP contribution in [-0.2, 0) is 23.8 Å². The first-order chi connectivity index (χ1) is 26.8. The lowest BCUT2D eigenvalue weighted by molar-refractivity contribution is -0.231. The molecule has 1 heterocycles. The third-order valence-corrected chi connectivity index (χ3v) is 10.8. The molecule has 1 saturated heterocycles. The Bertz CT molecular complexity index is 952. The molecule has 0 aromatic carbocycles. The molecule has 55 heavy (non-hydrogen) atoms. The van der Waals surface area contributed by atoms with Crippen molar-refractivity contribution in [1.29, 1.82) is 0 Å². The molecule has 322 valence electrons. The summed E-state index contributed by atoms with van der Waals surface area (Å²) in [4.78, 5) is 25.4. The van der Waals surface area contributed by atoms with Crippen molar-refractivity contribution in [2.45, 2.75) is 243 Å². The summed E-state index contributed by atoms with van der Waals surface area (Å²) in [6.07, 6.45) is 34.0. The van der Waals surface area contributed by atoms with Crippen molar-refractivity contribution in [2.24, 2.45) is 0 Å². The number of carbonyl (C=O) groups excluding carboxylic acids is 2. The first-order valence-corrected chi connectivity index (χ1v) is 22.8. The maximum absolute atomic E-state index is 12.8. The molecule has 0 aromatic rings. The van der Waals surface area contributed by atoms with Crippen LogP contribution in [0.2, 0.25) is 0 Å². The van der Waals surface area contributed by atoms with E-state index in [0.717, 1.165) is 77.0 Å². The van der Waals surface area contributed by atoms with Gasteiger partial charge in [-0.3, -0.25) is 9.59 Å². The summed E-state index contributed by atoms with van der Waals surface area (Å²) in [5.41, 5.74) is 0. The number of unbranched alkanes of at least 4 members (excludes halogenated alkanes) is 22. The quantitative estimate of drug-likeness (QED) is 0.0275. The molecule has 1 rings (SSSR count). The fourth-order valence-corrected chi connectivity index (χ4v) is 7.13. The molecule has 0 radical (unpaired) electrons. The van der Waals surface area contributed by atoms with Gasteiger partial charge in [0.1, 0.15) is 37.1 Å². The number of rotatable bonds is 37. The van der Waals surface area contributed by atoms with Crippen molar-refractivity contribution < 1.29 is 44.2 Å². The monoisotopic (exact) mass is 781 g/mol. The molecule has 0 spiro atoms. The Kier molecular flexibility index (Phi) is 34.1. The summed E-state index contributed by atoms with van der Waals surface area (Å²) in [5.74, 6) is -0.687. The predicted molar refractivity (Wildman–Crippen MR) is 223 cm³/mol. The zero-order chi connectivity index (χ0) is 40.2. The third kappa shape index (κ3) is 28.3. The predicted octanol–water partition coefficient (Wildman–Crippen LogP) is 10.1. The molecule has 0 amide bonds. The van der Waals surface area contributed by atoms with E-state index in [1.165, 1.54) is 89.9 Å². The minimum absolute atomic E-state index is 0.0978. The molecule has 9 nitrogen and oxygen atoms in total. The zero-order valence-corrected chi connectivity index (χ0v) is 35.2. The molecule has 0 saturated carbocycles. The van der Waals surface area contributed by atoms with Crippen LogP contribution < -0.4 is 0 Å². The molecular weight excluding hydrogens is 696 g/mol. The van der Waals surface area contributed by atoms with E-state index in [9.17, 15) is 30.0 Å². The topological polar surface area (TPSA) is 143 Å². The van der Waals surface area contributed by atoms with Gasteiger partial charge in [-0.25, -0.2) is 0 Å². The Morgan fingerprint density at radius 1 is 0.545 bits per heavy atom. The number of hydrogen-bond donors (Lipinski definition) is 4. The van der Waals surface area contributed by atoms with E-state index in [-0.39, 0.29) is 37.8 Å². The van der Waals surface area contributed by atoms with E-state index in [1.54, 1.807) is 0 Å². The number of esters is 2. The Labute approximate surface area is 336 Å². The van der Waals surface area contributed by atoms with Gasteiger partial charge in [-0.15, -0.1) is 0 Å². The van der Waals surface area contributed by atoms with E-state index in [4.69, 9.17) is 14.2 Å². The summed E-state index contributed by atoms with van der Waals surface area (Å²) in [7, 11) is 0. The van der Waals surface area contributed by atoms with Gasteiger partial charge in [0.15, 0.2) is 0 Å². The first kappa shape index (κ1) is 51.2. The highest BCUT2D eigenvalue weighted by molar-refractivity contribution is 5.70. The summed E-state index contributed by atoms with van der Waals surface area (Å²) in [6, 6.07) is 0. The lowest BCUT2D eigenvalue weighted by atomic mass is 9.92. The van der Waals surface area contributed by atoms with Crippen LogP contribution in [0, 0.1) is 0 Å². The van der Waals surface area contributed by atoms with Gasteiger partial charge in [0.2, 0.25) is 0 Å². The van der Waals surface area contributed by atoms with E-state index in [0.29, 0.717) is 6.42 Å². The van der Waals surface area contributed by atoms with Gasteiger partial charge in [-0.1, -0.05) is 141 Å². The maximum atomic E-state index is 12.8. The second kappa shape index (κ2) is 36.6. The van der Waals surface area contributed by atoms with Crippen molar-refractivity contribution in [3.8, 4) is 0 Å². The SMILES string of the molecule is CCCCCCCC/C=C\CCCCCCCC(=O)OC[C@H](CC[C@@H]1O[C@H](CO)[C@@H](O)[C@H](O)[C@H]1O)OC(=O)CCCCCCC/C=C\CCCCCCCC. The minimum Gasteiger partial charge on any atom is -0.462 e.